The Hall–Kier alpha value is -0.800. The van der Waals surface area contributed by atoms with Crippen LogP contribution in [0.4, 0.5) is 0 Å². The Morgan fingerprint density at radius 2 is 2.11 bits per heavy atom. The van der Waals surface area contributed by atoms with Crippen molar-refractivity contribution in [1.82, 2.24) is 0 Å². The molecule has 0 heterocycles. The first-order valence-electron chi connectivity index (χ1n) is 2.64. The van der Waals surface area contributed by atoms with Gasteiger partial charge in [0.15, 0.2) is 5.76 Å². The molecule has 3 heteroatoms. The summed E-state index contributed by atoms with van der Waals surface area (Å²) >= 11 is 0. The second-order valence-corrected chi connectivity index (χ2v) is 2.00. The Bertz CT molecular complexity index is 167. The maximum Gasteiger partial charge on any atom is 0.226 e. The van der Waals surface area contributed by atoms with Crippen molar-refractivity contribution in [3.63, 3.8) is 0 Å². The van der Waals surface area contributed by atoms with Crippen molar-refractivity contribution in [3.8, 4) is 0 Å². The molecule has 0 bridgehead atoms. The lowest BCUT2D eigenvalue weighted by molar-refractivity contribution is -0.149. The highest BCUT2D eigenvalue weighted by Gasteiger charge is 2.27. The second kappa shape index (κ2) is 1.86. The van der Waals surface area contributed by atoms with E-state index in [2.05, 4.69) is 0 Å². The highest BCUT2D eigenvalue weighted by molar-refractivity contribution is 5.19. The first kappa shape index (κ1) is 6.32. The van der Waals surface area contributed by atoms with Gasteiger partial charge >= 0.3 is 0 Å². The lowest BCUT2D eigenvalue weighted by Crippen LogP contribution is -2.30. The zero-order chi connectivity index (χ0) is 6.91. The Morgan fingerprint density at radius 1 is 1.44 bits per heavy atom. The molecule has 0 fully saturated rings. The summed E-state index contributed by atoms with van der Waals surface area (Å²) in [5.74, 6) is -2.43. The Balaban J connectivity index is 2.83. The van der Waals surface area contributed by atoms with E-state index in [1.54, 1.807) is 12.2 Å². The molecule has 0 aromatic rings. The monoisotopic (exact) mass is 128 g/mol. The van der Waals surface area contributed by atoms with Crippen LogP contribution in [0.2, 0.25) is 0 Å². The van der Waals surface area contributed by atoms with E-state index in [9.17, 15) is 0 Å². The summed E-state index contributed by atoms with van der Waals surface area (Å²) in [5, 5.41) is 26.4. The van der Waals surface area contributed by atoms with Gasteiger partial charge in [-0.15, -0.1) is 0 Å². The zero-order valence-corrected chi connectivity index (χ0v) is 4.78. The number of aliphatic hydroxyl groups is 3. The Labute approximate surface area is 52.6 Å². The predicted molar refractivity (Wildman–Crippen MR) is 31.6 cm³/mol. The average molecular weight is 128 g/mol. The zero-order valence-electron chi connectivity index (χ0n) is 4.78. The molecular weight excluding hydrogens is 120 g/mol. The summed E-state index contributed by atoms with van der Waals surface area (Å²) < 4.78 is 0. The summed E-state index contributed by atoms with van der Waals surface area (Å²) in [6.45, 7) is 0. The van der Waals surface area contributed by atoms with Gasteiger partial charge in [0, 0.05) is 6.42 Å². The molecule has 0 unspecified atom stereocenters. The van der Waals surface area contributed by atoms with Crippen molar-refractivity contribution in [2.75, 3.05) is 0 Å². The van der Waals surface area contributed by atoms with E-state index < -0.39 is 11.5 Å². The van der Waals surface area contributed by atoms with Gasteiger partial charge in [0.1, 0.15) is 0 Å². The molecule has 9 heavy (non-hydrogen) atoms. The summed E-state index contributed by atoms with van der Waals surface area (Å²) in [4.78, 5) is 0. The van der Waals surface area contributed by atoms with E-state index in [0.29, 0.717) is 0 Å². The molecular formula is C6H8O3. The van der Waals surface area contributed by atoms with Gasteiger partial charge in [-0.25, -0.2) is 0 Å². The quantitative estimate of drug-likeness (QED) is 0.404. The standard InChI is InChI=1S/C6H8O3/c7-5-3-1-2-4-6(5,8)9/h1-3,7-9H,4H2. The SMILES string of the molecule is OC1=CC=CCC1(O)O. The van der Waals surface area contributed by atoms with Crippen LogP contribution in [0.3, 0.4) is 0 Å². The molecule has 1 rings (SSSR count). The van der Waals surface area contributed by atoms with Crippen molar-refractivity contribution in [2.45, 2.75) is 12.2 Å². The van der Waals surface area contributed by atoms with Crippen molar-refractivity contribution in [2.24, 2.45) is 0 Å². The minimum atomic E-state index is -2.03. The summed E-state index contributed by atoms with van der Waals surface area (Å²) in [6, 6.07) is 0. The third-order valence-corrected chi connectivity index (χ3v) is 1.20. The fraction of sp³-hybridized carbons (Fsp3) is 0.333. The van der Waals surface area contributed by atoms with Gasteiger partial charge in [-0.05, 0) is 6.08 Å². The average Bonchev–Trinajstić information content (AvgIpc) is 1.77. The molecule has 0 saturated carbocycles. The second-order valence-electron chi connectivity index (χ2n) is 2.00. The van der Waals surface area contributed by atoms with Crippen molar-refractivity contribution in [1.29, 1.82) is 0 Å². The van der Waals surface area contributed by atoms with Gasteiger partial charge in [-0.3, -0.25) is 0 Å². The Morgan fingerprint density at radius 3 is 2.44 bits per heavy atom. The maximum absolute atomic E-state index is 8.83. The van der Waals surface area contributed by atoms with E-state index in [-0.39, 0.29) is 6.42 Å². The molecule has 0 aliphatic heterocycles. The summed E-state index contributed by atoms with van der Waals surface area (Å²) in [7, 11) is 0. The highest BCUT2D eigenvalue weighted by atomic mass is 16.5. The van der Waals surface area contributed by atoms with Crippen molar-refractivity contribution < 1.29 is 15.3 Å². The largest absolute Gasteiger partial charge is 0.507 e. The number of hydrogen-bond donors (Lipinski definition) is 3. The maximum atomic E-state index is 8.83. The van der Waals surface area contributed by atoms with E-state index in [0.717, 1.165) is 0 Å². The third kappa shape index (κ3) is 1.12. The van der Waals surface area contributed by atoms with Crippen LogP contribution in [0.15, 0.2) is 24.0 Å². The highest BCUT2D eigenvalue weighted by Crippen LogP contribution is 2.19. The lowest BCUT2D eigenvalue weighted by Gasteiger charge is -2.20. The molecule has 50 valence electrons. The molecule has 0 amide bonds. The normalized spacial score (nSPS) is 23.6. The van der Waals surface area contributed by atoms with Crippen LogP contribution in [-0.4, -0.2) is 21.1 Å². The van der Waals surface area contributed by atoms with Crippen LogP contribution >= 0.6 is 0 Å². The molecule has 0 aromatic heterocycles. The molecule has 0 radical (unpaired) electrons. The first-order chi connectivity index (χ1) is 4.13. The minimum Gasteiger partial charge on any atom is -0.507 e. The van der Waals surface area contributed by atoms with E-state index in [1.165, 1.54) is 6.08 Å². The lowest BCUT2D eigenvalue weighted by atomic mass is 10.1. The fourth-order valence-electron chi connectivity index (χ4n) is 0.630. The third-order valence-electron chi connectivity index (χ3n) is 1.20. The van der Waals surface area contributed by atoms with Gasteiger partial charge < -0.3 is 15.3 Å². The molecule has 3 nitrogen and oxygen atoms in total. The molecule has 0 saturated heterocycles. The summed E-state index contributed by atoms with van der Waals surface area (Å²) in [6.07, 6.45) is 4.44. The number of allylic oxidation sites excluding steroid dienone is 2. The fourth-order valence-corrected chi connectivity index (χ4v) is 0.630. The topological polar surface area (TPSA) is 60.7 Å². The minimum absolute atomic E-state index is 0.0509. The molecule has 0 aromatic carbocycles. The molecule has 1 aliphatic rings. The van der Waals surface area contributed by atoms with E-state index in [4.69, 9.17) is 15.3 Å². The predicted octanol–water partition coefficient (Wildman–Crippen LogP) is 0.0691. The molecule has 1 aliphatic carbocycles. The number of aliphatic hydroxyl groups excluding tert-OH is 1. The first-order valence-corrected chi connectivity index (χ1v) is 2.64. The van der Waals surface area contributed by atoms with Crippen LogP contribution in [0.25, 0.3) is 0 Å². The van der Waals surface area contributed by atoms with Crippen LogP contribution in [0, 0.1) is 0 Å². The van der Waals surface area contributed by atoms with Crippen LogP contribution in [0.1, 0.15) is 6.42 Å². The van der Waals surface area contributed by atoms with E-state index >= 15 is 0 Å². The molecule has 0 spiro atoms. The molecule has 0 atom stereocenters. The number of hydrogen-bond acceptors (Lipinski definition) is 3. The van der Waals surface area contributed by atoms with Gasteiger partial charge in [0.2, 0.25) is 5.79 Å². The van der Waals surface area contributed by atoms with Gasteiger partial charge in [-0.1, -0.05) is 12.2 Å². The smallest absolute Gasteiger partial charge is 0.226 e. The van der Waals surface area contributed by atoms with Crippen LogP contribution in [-0.2, 0) is 0 Å². The van der Waals surface area contributed by atoms with Gasteiger partial charge in [0.05, 0.1) is 0 Å². The van der Waals surface area contributed by atoms with Crippen molar-refractivity contribution in [3.05, 3.63) is 24.0 Å². The van der Waals surface area contributed by atoms with Gasteiger partial charge in [-0.2, -0.15) is 0 Å². The van der Waals surface area contributed by atoms with E-state index in [1.807, 2.05) is 0 Å². The summed E-state index contributed by atoms with van der Waals surface area (Å²) in [5.41, 5.74) is 0. The molecule has 3 N–H and O–H groups in total. The Kier molecular flexibility index (Phi) is 1.31. The van der Waals surface area contributed by atoms with Gasteiger partial charge in [0.25, 0.3) is 0 Å². The van der Waals surface area contributed by atoms with Crippen LogP contribution < -0.4 is 0 Å². The van der Waals surface area contributed by atoms with Crippen molar-refractivity contribution >= 4 is 0 Å². The van der Waals surface area contributed by atoms with Crippen LogP contribution in [0.5, 0.6) is 0 Å². The number of rotatable bonds is 0.